The summed E-state index contributed by atoms with van der Waals surface area (Å²) in [4.78, 5) is 16.4. The van der Waals surface area contributed by atoms with Crippen LogP contribution in [0, 0.1) is 0 Å². The van der Waals surface area contributed by atoms with Crippen LogP contribution in [0.5, 0.6) is 6.01 Å². The first-order chi connectivity index (χ1) is 14.4. The zero-order valence-corrected chi connectivity index (χ0v) is 16.7. The molecule has 2 aromatic carbocycles. The van der Waals surface area contributed by atoms with Gasteiger partial charge in [0.1, 0.15) is 0 Å². The molecule has 0 fully saturated rings. The monoisotopic (exact) mass is 417 g/mol. The number of aromatic nitrogens is 3. The SMILES string of the molecule is CCN(CC)c1nc(OCC(F)(F)F)nc(N(c2ccccc2)c2ccccc2)n1. The standard InChI is InChI=1S/C21H22F3N5O/c1-3-28(4-2)18-25-19(27-20(26-18)30-15-21(22,23)24)29(16-11-7-5-8-12-16)17-13-9-6-10-14-17/h5-14H,3-4,15H2,1-2H3. The van der Waals surface area contributed by atoms with E-state index < -0.39 is 12.8 Å². The Morgan fingerprint density at radius 3 is 1.73 bits per heavy atom. The van der Waals surface area contributed by atoms with Gasteiger partial charge in [0, 0.05) is 24.5 Å². The summed E-state index contributed by atoms with van der Waals surface area (Å²) in [5.41, 5.74) is 1.50. The molecular formula is C21H22F3N5O. The summed E-state index contributed by atoms with van der Waals surface area (Å²) in [7, 11) is 0. The summed E-state index contributed by atoms with van der Waals surface area (Å²) in [5, 5.41) is 0. The van der Waals surface area contributed by atoms with Gasteiger partial charge >= 0.3 is 12.2 Å². The Hall–Kier alpha value is -3.36. The Kier molecular flexibility index (Phi) is 6.71. The van der Waals surface area contributed by atoms with Crippen molar-refractivity contribution in [2.24, 2.45) is 0 Å². The topological polar surface area (TPSA) is 54.4 Å². The molecule has 0 N–H and O–H groups in total. The summed E-state index contributed by atoms with van der Waals surface area (Å²) in [6.07, 6.45) is -4.50. The number of halogens is 3. The van der Waals surface area contributed by atoms with Crippen LogP contribution >= 0.6 is 0 Å². The molecule has 0 bridgehead atoms. The minimum Gasteiger partial charge on any atom is -0.454 e. The first-order valence-corrected chi connectivity index (χ1v) is 9.52. The Morgan fingerprint density at radius 2 is 1.27 bits per heavy atom. The molecule has 0 radical (unpaired) electrons. The molecule has 0 atom stereocenters. The third kappa shape index (κ3) is 5.37. The highest BCUT2D eigenvalue weighted by Crippen LogP contribution is 2.33. The maximum atomic E-state index is 12.7. The van der Waals surface area contributed by atoms with Crippen LogP contribution in [0.15, 0.2) is 60.7 Å². The summed E-state index contributed by atoms with van der Waals surface area (Å²) in [6, 6.07) is 18.3. The van der Waals surface area contributed by atoms with Gasteiger partial charge in [-0.1, -0.05) is 36.4 Å². The molecule has 3 aromatic rings. The van der Waals surface area contributed by atoms with E-state index in [4.69, 9.17) is 4.74 Å². The van der Waals surface area contributed by atoms with Gasteiger partial charge in [-0.15, -0.1) is 0 Å². The minimum absolute atomic E-state index is 0.168. The molecule has 0 spiro atoms. The lowest BCUT2D eigenvalue weighted by molar-refractivity contribution is -0.154. The zero-order valence-electron chi connectivity index (χ0n) is 16.7. The van der Waals surface area contributed by atoms with Crippen LogP contribution < -0.4 is 14.5 Å². The Morgan fingerprint density at radius 1 is 0.767 bits per heavy atom. The second-order valence-electron chi connectivity index (χ2n) is 6.30. The van der Waals surface area contributed by atoms with Gasteiger partial charge in [-0.3, -0.25) is 4.90 Å². The van der Waals surface area contributed by atoms with Crippen molar-refractivity contribution in [2.45, 2.75) is 20.0 Å². The summed E-state index contributed by atoms with van der Waals surface area (Å²) in [5.74, 6) is 0.417. The van der Waals surface area contributed by atoms with E-state index in [0.717, 1.165) is 11.4 Å². The van der Waals surface area contributed by atoms with E-state index >= 15 is 0 Å². The molecular weight excluding hydrogens is 395 g/mol. The quantitative estimate of drug-likeness (QED) is 0.507. The predicted molar refractivity (Wildman–Crippen MR) is 110 cm³/mol. The van der Waals surface area contributed by atoms with Gasteiger partial charge < -0.3 is 9.64 Å². The van der Waals surface area contributed by atoms with Crippen LogP contribution in [0.25, 0.3) is 0 Å². The van der Waals surface area contributed by atoms with Crippen LogP contribution in [0.2, 0.25) is 0 Å². The molecule has 3 rings (SSSR count). The second-order valence-corrected chi connectivity index (χ2v) is 6.30. The maximum Gasteiger partial charge on any atom is 0.422 e. The average Bonchev–Trinajstić information content (AvgIpc) is 2.74. The number of hydrogen-bond donors (Lipinski definition) is 0. The third-order valence-electron chi connectivity index (χ3n) is 4.23. The van der Waals surface area contributed by atoms with Crippen molar-refractivity contribution in [1.82, 2.24) is 15.0 Å². The van der Waals surface area contributed by atoms with Crippen LogP contribution in [-0.4, -0.2) is 40.8 Å². The molecule has 30 heavy (non-hydrogen) atoms. The van der Waals surface area contributed by atoms with E-state index in [0.29, 0.717) is 13.1 Å². The fourth-order valence-corrected chi connectivity index (χ4v) is 2.83. The summed E-state index contributed by atoms with van der Waals surface area (Å²) >= 11 is 0. The molecule has 158 valence electrons. The number of hydrogen-bond acceptors (Lipinski definition) is 6. The second kappa shape index (κ2) is 9.43. The first-order valence-electron chi connectivity index (χ1n) is 9.52. The minimum atomic E-state index is -4.50. The van der Waals surface area contributed by atoms with Crippen molar-refractivity contribution < 1.29 is 17.9 Å². The number of anilines is 4. The van der Waals surface area contributed by atoms with Gasteiger partial charge in [0.15, 0.2) is 6.61 Å². The van der Waals surface area contributed by atoms with E-state index in [1.807, 2.05) is 79.4 Å². The highest BCUT2D eigenvalue weighted by atomic mass is 19.4. The number of benzene rings is 2. The summed E-state index contributed by atoms with van der Waals surface area (Å²) < 4.78 is 43.0. The van der Waals surface area contributed by atoms with Crippen LogP contribution in [0.1, 0.15) is 13.8 Å². The van der Waals surface area contributed by atoms with Gasteiger partial charge in [0.05, 0.1) is 0 Å². The molecule has 9 heteroatoms. The molecule has 1 heterocycles. The fourth-order valence-electron chi connectivity index (χ4n) is 2.83. The van der Waals surface area contributed by atoms with Crippen molar-refractivity contribution in [1.29, 1.82) is 0 Å². The lowest BCUT2D eigenvalue weighted by Gasteiger charge is -2.25. The highest BCUT2D eigenvalue weighted by molar-refractivity contribution is 5.72. The molecule has 0 aliphatic heterocycles. The van der Waals surface area contributed by atoms with Gasteiger partial charge in [-0.05, 0) is 38.1 Å². The van der Waals surface area contributed by atoms with Crippen molar-refractivity contribution in [3.63, 3.8) is 0 Å². The largest absolute Gasteiger partial charge is 0.454 e. The first kappa shape index (κ1) is 21.4. The Bertz CT molecular complexity index is 895. The number of rotatable bonds is 8. The van der Waals surface area contributed by atoms with E-state index in [-0.39, 0.29) is 17.9 Å². The van der Waals surface area contributed by atoms with Crippen molar-refractivity contribution in [2.75, 3.05) is 29.5 Å². The molecule has 0 aliphatic carbocycles. The highest BCUT2D eigenvalue weighted by Gasteiger charge is 2.30. The predicted octanol–water partition coefficient (Wildman–Crippen LogP) is 5.13. The average molecular weight is 417 g/mol. The molecule has 0 unspecified atom stereocenters. The van der Waals surface area contributed by atoms with Gasteiger partial charge in [0.25, 0.3) is 0 Å². The van der Waals surface area contributed by atoms with Gasteiger partial charge in [-0.25, -0.2) is 0 Å². The fraction of sp³-hybridized carbons (Fsp3) is 0.286. The number of para-hydroxylation sites is 2. The molecule has 0 aliphatic rings. The number of nitrogens with zero attached hydrogens (tertiary/aromatic N) is 5. The number of ether oxygens (including phenoxy) is 1. The van der Waals surface area contributed by atoms with E-state index in [9.17, 15) is 13.2 Å². The van der Waals surface area contributed by atoms with Crippen LogP contribution in [0.4, 0.5) is 36.4 Å². The Balaban J connectivity index is 2.12. The van der Waals surface area contributed by atoms with Gasteiger partial charge in [-0.2, -0.15) is 28.1 Å². The van der Waals surface area contributed by atoms with E-state index in [2.05, 4.69) is 15.0 Å². The van der Waals surface area contributed by atoms with E-state index in [1.165, 1.54) is 0 Å². The zero-order chi connectivity index (χ0) is 21.6. The molecule has 0 amide bonds. The third-order valence-corrected chi connectivity index (χ3v) is 4.23. The van der Waals surface area contributed by atoms with Crippen LogP contribution in [0.3, 0.4) is 0 Å². The molecule has 1 aromatic heterocycles. The lowest BCUT2D eigenvalue weighted by atomic mass is 10.2. The van der Waals surface area contributed by atoms with Crippen molar-refractivity contribution in [3.05, 3.63) is 60.7 Å². The molecule has 0 saturated carbocycles. The van der Waals surface area contributed by atoms with Crippen molar-refractivity contribution in [3.8, 4) is 6.01 Å². The van der Waals surface area contributed by atoms with Crippen molar-refractivity contribution >= 4 is 23.3 Å². The normalized spacial score (nSPS) is 11.2. The molecule has 6 nitrogen and oxygen atoms in total. The van der Waals surface area contributed by atoms with Crippen LogP contribution in [-0.2, 0) is 0 Å². The van der Waals surface area contributed by atoms with Gasteiger partial charge in [0.2, 0.25) is 11.9 Å². The summed E-state index contributed by atoms with van der Waals surface area (Å²) in [6.45, 7) is 3.50. The molecule has 0 saturated heterocycles. The number of alkyl halides is 3. The lowest BCUT2D eigenvalue weighted by Crippen LogP contribution is -2.27. The van der Waals surface area contributed by atoms with E-state index in [1.54, 1.807) is 4.90 Å². The Labute approximate surface area is 173 Å². The maximum absolute atomic E-state index is 12.7. The smallest absolute Gasteiger partial charge is 0.422 e.